The molecule has 0 amide bonds. The van der Waals surface area contributed by atoms with Crippen molar-refractivity contribution in [3.8, 4) is 22.8 Å². The summed E-state index contributed by atoms with van der Waals surface area (Å²) in [5.41, 5.74) is 8.79. The maximum Gasteiger partial charge on any atom is 0.165 e. The van der Waals surface area contributed by atoms with Crippen molar-refractivity contribution in [2.45, 2.75) is 6.92 Å². The molecule has 0 saturated heterocycles. The molecule has 0 aliphatic heterocycles. The summed E-state index contributed by atoms with van der Waals surface area (Å²) >= 11 is 0. The zero-order valence-electron chi connectivity index (χ0n) is 30.4. The Bertz CT molecular complexity index is 3240. The second-order valence-electron chi connectivity index (χ2n) is 14.3. The number of aromatic nitrogens is 3. The third-order valence-electron chi connectivity index (χ3n) is 10.9. The Balaban J connectivity index is 1.13. The van der Waals surface area contributed by atoms with Crippen LogP contribution in [-0.2, 0) is 0 Å². The molecule has 56 heavy (non-hydrogen) atoms. The van der Waals surface area contributed by atoms with Crippen molar-refractivity contribution in [1.82, 2.24) is 15.0 Å². The van der Waals surface area contributed by atoms with Gasteiger partial charge in [-0.1, -0.05) is 134 Å². The number of rotatable bonds is 6. The van der Waals surface area contributed by atoms with Crippen LogP contribution in [0.3, 0.4) is 0 Å². The quantitative estimate of drug-likeness (QED) is 0.159. The second-order valence-corrected chi connectivity index (χ2v) is 14.3. The van der Waals surface area contributed by atoms with E-state index in [0.29, 0.717) is 23.4 Å². The van der Waals surface area contributed by atoms with E-state index >= 15 is 0 Å². The molecule has 2 atom stereocenters. The van der Waals surface area contributed by atoms with Gasteiger partial charge in [0, 0.05) is 61.0 Å². The van der Waals surface area contributed by atoms with Crippen LogP contribution in [0.5, 0.6) is 0 Å². The minimum Gasteiger partial charge on any atom is -0.456 e. The van der Waals surface area contributed by atoms with E-state index in [1.165, 1.54) is 0 Å². The molecule has 4 aromatic heterocycles. The largest absolute Gasteiger partial charge is 0.456 e. The summed E-state index contributed by atoms with van der Waals surface area (Å²) in [6.45, 7) is 2.09. The summed E-state index contributed by atoms with van der Waals surface area (Å²) in [7, 11) is 0. The summed E-state index contributed by atoms with van der Waals surface area (Å²) < 4.78 is 18.9. The minimum atomic E-state index is 0.215. The van der Waals surface area contributed by atoms with E-state index in [2.05, 4.69) is 85.9 Å². The van der Waals surface area contributed by atoms with Gasteiger partial charge in [-0.25, -0.2) is 15.0 Å². The van der Waals surface area contributed by atoms with E-state index in [9.17, 15) is 0 Å². The summed E-state index contributed by atoms with van der Waals surface area (Å²) in [6, 6.07) is 34.5. The molecule has 5 aromatic carbocycles. The van der Waals surface area contributed by atoms with Crippen LogP contribution < -0.4 is 0 Å². The molecule has 0 spiro atoms. The summed E-state index contributed by atoms with van der Waals surface area (Å²) in [6.07, 6.45) is 23.5. The first-order valence-electron chi connectivity index (χ1n) is 18.9. The van der Waals surface area contributed by atoms with E-state index < -0.39 is 0 Å². The van der Waals surface area contributed by atoms with Crippen LogP contribution in [0.2, 0.25) is 0 Å². The topological polar surface area (TPSA) is 78.1 Å². The van der Waals surface area contributed by atoms with Crippen LogP contribution in [0, 0.1) is 18.8 Å². The molecule has 6 heteroatoms. The van der Waals surface area contributed by atoms with Gasteiger partial charge in [-0.2, -0.15) is 0 Å². The van der Waals surface area contributed by atoms with Gasteiger partial charge in [-0.3, -0.25) is 0 Å². The highest BCUT2D eigenvalue weighted by Gasteiger charge is 2.24. The normalized spacial score (nSPS) is 16.8. The van der Waals surface area contributed by atoms with Crippen LogP contribution in [0.1, 0.15) is 22.7 Å². The minimum absolute atomic E-state index is 0.215. The number of furan rings is 3. The third kappa shape index (κ3) is 5.29. The molecule has 0 saturated carbocycles. The van der Waals surface area contributed by atoms with Crippen molar-refractivity contribution in [2.24, 2.45) is 11.8 Å². The molecule has 6 nitrogen and oxygen atoms in total. The first-order valence-corrected chi connectivity index (χ1v) is 18.9. The Hall–Kier alpha value is -7.31. The highest BCUT2D eigenvalue weighted by atomic mass is 16.3. The summed E-state index contributed by atoms with van der Waals surface area (Å²) in [5, 5.41) is 5.04. The Kier molecular flexibility index (Phi) is 7.42. The molecule has 0 fully saturated rings. The van der Waals surface area contributed by atoms with Crippen molar-refractivity contribution in [3.63, 3.8) is 0 Å². The average Bonchev–Trinajstić information content (AvgIpc) is 3.92. The van der Waals surface area contributed by atoms with Gasteiger partial charge in [-0.15, -0.1) is 0 Å². The van der Waals surface area contributed by atoms with Crippen molar-refractivity contribution in [3.05, 3.63) is 181 Å². The highest BCUT2D eigenvalue weighted by Crippen LogP contribution is 2.41. The molecular weight excluding hydrogens is 691 g/mol. The van der Waals surface area contributed by atoms with Gasteiger partial charge in [0.05, 0.1) is 0 Å². The molecule has 9 aromatic rings. The fourth-order valence-electron chi connectivity index (χ4n) is 8.19. The van der Waals surface area contributed by atoms with E-state index in [4.69, 9.17) is 28.2 Å². The number of para-hydroxylation sites is 3. The zero-order valence-corrected chi connectivity index (χ0v) is 30.4. The lowest BCUT2D eigenvalue weighted by Crippen LogP contribution is -2.12. The number of allylic oxidation sites excluding steroid dienone is 10. The molecule has 0 radical (unpaired) electrons. The lowest BCUT2D eigenvalue weighted by Gasteiger charge is -2.23. The first kappa shape index (κ1) is 32.1. The second kappa shape index (κ2) is 12.9. The van der Waals surface area contributed by atoms with Crippen LogP contribution in [0.25, 0.3) is 95.3 Å². The van der Waals surface area contributed by atoms with Crippen LogP contribution in [-0.4, -0.2) is 15.0 Å². The number of fused-ring (bicyclic) bond motifs is 8. The fraction of sp³-hybridized carbons (Fsp3) is 0.0600. The number of hydrogen-bond acceptors (Lipinski definition) is 6. The van der Waals surface area contributed by atoms with Crippen LogP contribution in [0.4, 0.5) is 0 Å². The predicted molar refractivity (Wildman–Crippen MR) is 227 cm³/mol. The smallest absolute Gasteiger partial charge is 0.165 e. The van der Waals surface area contributed by atoms with E-state index in [1.54, 1.807) is 0 Å². The first-order chi connectivity index (χ1) is 27.7. The van der Waals surface area contributed by atoms with Crippen molar-refractivity contribution < 1.29 is 13.3 Å². The standard InChI is InChI=1S/C50H33N3O3/c1-30-35-16-5-9-21-40(35)54-39(30)20-8-4-14-32-27-28-44-47(37-18-7-11-23-42(37)56-44)45(32)50-52-48(34-26-25-31-13-2-3-15-33(31)29-34)51-49(53-50)38-19-12-24-43-46(38)36-17-6-10-22-41(36)55-43/h2-29,31,33H,1H3/b14-4+,20-8-. The van der Waals surface area contributed by atoms with Gasteiger partial charge < -0.3 is 13.3 Å². The molecule has 266 valence electrons. The monoisotopic (exact) mass is 723 g/mol. The molecule has 4 heterocycles. The Morgan fingerprint density at radius 3 is 1.93 bits per heavy atom. The van der Waals surface area contributed by atoms with Gasteiger partial charge in [0.1, 0.15) is 33.7 Å². The maximum atomic E-state index is 6.44. The third-order valence-corrected chi connectivity index (χ3v) is 10.9. The van der Waals surface area contributed by atoms with Crippen molar-refractivity contribution in [2.75, 3.05) is 0 Å². The molecule has 2 aliphatic rings. The molecule has 11 rings (SSSR count). The van der Waals surface area contributed by atoms with Crippen LogP contribution in [0.15, 0.2) is 171 Å². The SMILES string of the molecule is Cc1c(/C=C\C=C\c2ccc3oc4ccccc4c3c2-c2nc(C3=CC4C=CC=CC4C=C3)nc(-c3cccc4oc5ccccc5c34)n2)oc2ccccc12. The van der Waals surface area contributed by atoms with Gasteiger partial charge in [0.15, 0.2) is 17.5 Å². The van der Waals surface area contributed by atoms with E-state index in [0.717, 1.165) is 88.4 Å². The van der Waals surface area contributed by atoms with Gasteiger partial charge >= 0.3 is 0 Å². The highest BCUT2D eigenvalue weighted by molar-refractivity contribution is 6.14. The van der Waals surface area contributed by atoms with Gasteiger partial charge in [-0.05, 0) is 48.9 Å². The molecule has 0 N–H and O–H groups in total. The Morgan fingerprint density at radius 2 is 1.14 bits per heavy atom. The van der Waals surface area contributed by atoms with Crippen LogP contribution >= 0.6 is 0 Å². The van der Waals surface area contributed by atoms with E-state index in [1.807, 2.05) is 91.0 Å². The van der Waals surface area contributed by atoms with Gasteiger partial charge in [0.25, 0.3) is 0 Å². The zero-order chi connectivity index (χ0) is 37.2. The predicted octanol–water partition coefficient (Wildman–Crippen LogP) is 13.1. The molecule has 0 bridgehead atoms. The maximum absolute atomic E-state index is 6.44. The molecule has 2 unspecified atom stereocenters. The van der Waals surface area contributed by atoms with Crippen molar-refractivity contribution >= 4 is 72.6 Å². The Morgan fingerprint density at radius 1 is 0.518 bits per heavy atom. The number of aryl methyl sites for hydroxylation is 1. The van der Waals surface area contributed by atoms with E-state index in [-0.39, 0.29) is 5.92 Å². The number of nitrogens with zero attached hydrogens (tertiary/aromatic N) is 3. The van der Waals surface area contributed by atoms with Crippen molar-refractivity contribution in [1.29, 1.82) is 0 Å². The number of hydrogen-bond donors (Lipinski definition) is 0. The molecule has 2 aliphatic carbocycles. The summed E-state index contributed by atoms with van der Waals surface area (Å²) in [5.74, 6) is 3.07. The van der Waals surface area contributed by atoms with Gasteiger partial charge in [0.2, 0.25) is 0 Å². The summed E-state index contributed by atoms with van der Waals surface area (Å²) in [4.78, 5) is 15.9. The number of benzene rings is 5. The lowest BCUT2D eigenvalue weighted by atomic mass is 9.83. The Labute approximate surface area is 321 Å². The fourth-order valence-corrected chi connectivity index (χ4v) is 8.19. The molecular formula is C50H33N3O3. The average molecular weight is 724 g/mol. The lowest BCUT2D eigenvalue weighted by molar-refractivity contribution is 0.601.